The van der Waals surface area contributed by atoms with E-state index in [4.69, 9.17) is 5.26 Å². The molecule has 4 heteroatoms. The van der Waals surface area contributed by atoms with Gasteiger partial charge in [0, 0.05) is 11.3 Å². The van der Waals surface area contributed by atoms with E-state index in [1.54, 1.807) is 5.57 Å². The zero-order chi connectivity index (χ0) is 12.4. The molecule has 1 aliphatic heterocycles. The molecule has 0 saturated heterocycles. The third-order valence-corrected chi connectivity index (χ3v) is 4.47. The zero-order valence-electron chi connectivity index (χ0n) is 10.2. The second-order valence-electron chi connectivity index (χ2n) is 4.73. The van der Waals surface area contributed by atoms with Gasteiger partial charge in [-0.15, -0.1) is 11.3 Å². The Labute approximate surface area is 111 Å². The highest BCUT2D eigenvalue weighted by Gasteiger charge is 2.21. The Morgan fingerprint density at radius 2 is 2.22 bits per heavy atom. The highest BCUT2D eigenvalue weighted by Crippen LogP contribution is 2.31. The van der Waals surface area contributed by atoms with Crippen LogP contribution in [-0.4, -0.2) is 17.8 Å². The summed E-state index contributed by atoms with van der Waals surface area (Å²) in [6.07, 6.45) is 7.01. The molecule has 0 N–H and O–H groups in total. The van der Waals surface area contributed by atoms with Crippen LogP contribution in [0.5, 0.6) is 0 Å². The van der Waals surface area contributed by atoms with Gasteiger partial charge in [-0.2, -0.15) is 5.26 Å². The second kappa shape index (κ2) is 4.95. The van der Waals surface area contributed by atoms with Crippen molar-refractivity contribution in [2.75, 3.05) is 6.54 Å². The highest BCUT2D eigenvalue weighted by atomic mass is 32.1. The molecule has 0 unspecified atom stereocenters. The zero-order valence-corrected chi connectivity index (χ0v) is 11.0. The summed E-state index contributed by atoms with van der Waals surface area (Å²) in [6.45, 7) is 1.61. The third kappa shape index (κ3) is 2.06. The smallest absolute Gasteiger partial charge is 0.110 e. The molecule has 1 aliphatic carbocycles. The maximum absolute atomic E-state index is 9.05. The first-order valence-electron chi connectivity index (χ1n) is 6.32. The number of rotatable bonds is 2. The summed E-state index contributed by atoms with van der Waals surface area (Å²) in [5, 5.41) is 11.0. The van der Waals surface area contributed by atoms with E-state index in [-0.39, 0.29) is 0 Å². The first-order valence-corrected chi connectivity index (χ1v) is 7.20. The van der Waals surface area contributed by atoms with Crippen LogP contribution in [0.15, 0.2) is 27.7 Å². The molecule has 3 nitrogen and oxygen atoms in total. The van der Waals surface area contributed by atoms with Crippen LogP contribution in [-0.2, 0) is 6.54 Å². The van der Waals surface area contributed by atoms with Gasteiger partial charge in [0.15, 0.2) is 0 Å². The summed E-state index contributed by atoms with van der Waals surface area (Å²) >= 11 is 1.52. The lowest BCUT2D eigenvalue weighted by molar-refractivity contribution is 0.528. The van der Waals surface area contributed by atoms with Crippen molar-refractivity contribution in [3.05, 3.63) is 33.2 Å². The molecule has 2 aliphatic rings. The van der Waals surface area contributed by atoms with Crippen LogP contribution >= 0.6 is 11.3 Å². The van der Waals surface area contributed by atoms with Crippen molar-refractivity contribution < 1.29 is 0 Å². The molecule has 0 aromatic carbocycles. The molecular weight excluding hydrogens is 242 g/mol. The third-order valence-electron chi connectivity index (χ3n) is 3.61. The summed E-state index contributed by atoms with van der Waals surface area (Å²) in [4.78, 5) is 7.44. The van der Waals surface area contributed by atoms with Gasteiger partial charge in [-0.25, -0.2) is 0 Å². The molecule has 1 aromatic rings. The fraction of sp³-hybridized carbons (Fsp3) is 0.429. The SMILES string of the molecule is N#Cc1sccc1CN1C=NCC1=C1CCCC1. The summed E-state index contributed by atoms with van der Waals surface area (Å²) in [5.41, 5.74) is 4.07. The summed E-state index contributed by atoms with van der Waals surface area (Å²) in [6, 6.07) is 4.31. The van der Waals surface area contributed by atoms with Gasteiger partial charge in [-0.05, 0) is 42.7 Å². The molecule has 18 heavy (non-hydrogen) atoms. The van der Waals surface area contributed by atoms with Gasteiger partial charge >= 0.3 is 0 Å². The van der Waals surface area contributed by atoms with Crippen molar-refractivity contribution in [3.8, 4) is 6.07 Å². The van der Waals surface area contributed by atoms with E-state index in [0.29, 0.717) is 0 Å². The van der Waals surface area contributed by atoms with Crippen molar-refractivity contribution in [2.24, 2.45) is 4.99 Å². The van der Waals surface area contributed by atoms with E-state index >= 15 is 0 Å². The average molecular weight is 257 g/mol. The second-order valence-corrected chi connectivity index (χ2v) is 5.64. The molecule has 0 amide bonds. The minimum Gasteiger partial charge on any atom is -0.330 e. The normalized spacial score (nSPS) is 18.7. The molecule has 1 fully saturated rings. The Hall–Kier alpha value is -1.60. The standard InChI is InChI=1S/C14H15N3S/c15-7-14-12(5-6-18-14)9-17-10-16-8-13(17)11-3-1-2-4-11/h5-6,10H,1-4,8-9H2. The van der Waals surface area contributed by atoms with Crippen molar-refractivity contribution in [1.82, 2.24) is 4.90 Å². The number of hydrogen-bond donors (Lipinski definition) is 0. The molecule has 1 aromatic heterocycles. The molecule has 3 rings (SSSR count). The van der Waals surface area contributed by atoms with E-state index < -0.39 is 0 Å². The molecule has 2 heterocycles. The summed E-state index contributed by atoms with van der Waals surface area (Å²) < 4.78 is 0. The van der Waals surface area contributed by atoms with Crippen LogP contribution in [0.2, 0.25) is 0 Å². The molecule has 1 saturated carbocycles. The monoisotopic (exact) mass is 257 g/mol. The highest BCUT2D eigenvalue weighted by molar-refractivity contribution is 7.10. The number of thiophene rings is 1. The van der Waals surface area contributed by atoms with Crippen molar-refractivity contribution in [1.29, 1.82) is 5.26 Å². The number of aliphatic imine (C=N–C) groups is 1. The Morgan fingerprint density at radius 1 is 1.39 bits per heavy atom. The largest absolute Gasteiger partial charge is 0.330 e. The molecule has 0 atom stereocenters. The fourth-order valence-corrected chi connectivity index (χ4v) is 3.37. The van der Waals surface area contributed by atoms with E-state index in [1.165, 1.54) is 42.7 Å². The van der Waals surface area contributed by atoms with Crippen LogP contribution < -0.4 is 0 Å². The predicted molar refractivity (Wildman–Crippen MR) is 73.4 cm³/mol. The quantitative estimate of drug-likeness (QED) is 0.815. The van der Waals surface area contributed by atoms with Gasteiger partial charge < -0.3 is 4.90 Å². The lowest BCUT2D eigenvalue weighted by atomic mass is 10.1. The first kappa shape index (κ1) is 11.5. The summed E-state index contributed by atoms with van der Waals surface area (Å²) in [5.74, 6) is 0. The molecule has 0 radical (unpaired) electrons. The van der Waals surface area contributed by atoms with Crippen molar-refractivity contribution in [3.63, 3.8) is 0 Å². The van der Waals surface area contributed by atoms with E-state index in [0.717, 1.165) is 23.5 Å². The van der Waals surface area contributed by atoms with E-state index in [2.05, 4.69) is 16.0 Å². The molecule has 0 bridgehead atoms. The Morgan fingerprint density at radius 3 is 3.00 bits per heavy atom. The fourth-order valence-electron chi connectivity index (χ4n) is 2.67. The maximum Gasteiger partial charge on any atom is 0.110 e. The Balaban J connectivity index is 1.82. The van der Waals surface area contributed by atoms with Gasteiger partial charge in [0.05, 0.1) is 19.4 Å². The van der Waals surface area contributed by atoms with Crippen LogP contribution in [0.1, 0.15) is 36.1 Å². The minimum absolute atomic E-state index is 0.786. The maximum atomic E-state index is 9.05. The number of hydrogen-bond acceptors (Lipinski definition) is 4. The van der Waals surface area contributed by atoms with Gasteiger partial charge in [-0.1, -0.05) is 0 Å². The van der Waals surface area contributed by atoms with Crippen LogP contribution in [0.25, 0.3) is 0 Å². The molecule has 0 spiro atoms. The lowest BCUT2D eigenvalue weighted by Crippen LogP contribution is -2.18. The minimum atomic E-state index is 0.786. The van der Waals surface area contributed by atoms with Gasteiger partial charge in [0.1, 0.15) is 10.9 Å². The van der Waals surface area contributed by atoms with Crippen LogP contribution in [0.4, 0.5) is 0 Å². The summed E-state index contributed by atoms with van der Waals surface area (Å²) in [7, 11) is 0. The van der Waals surface area contributed by atoms with Crippen LogP contribution in [0, 0.1) is 11.3 Å². The Bertz CT molecular complexity index is 540. The van der Waals surface area contributed by atoms with Gasteiger partial charge in [0.2, 0.25) is 0 Å². The van der Waals surface area contributed by atoms with Gasteiger partial charge in [0.25, 0.3) is 0 Å². The van der Waals surface area contributed by atoms with E-state index in [9.17, 15) is 0 Å². The van der Waals surface area contributed by atoms with Crippen molar-refractivity contribution in [2.45, 2.75) is 32.2 Å². The molecule has 92 valence electrons. The van der Waals surface area contributed by atoms with E-state index in [1.807, 2.05) is 17.8 Å². The number of nitrogens with zero attached hydrogens (tertiary/aromatic N) is 3. The Kier molecular flexibility index (Phi) is 3.16. The average Bonchev–Trinajstić information content (AvgIpc) is 3.09. The lowest BCUT2D eigenvalue weighted by Gasteiger charge is -2.19. The predicted octanol–water partition coefficient (Wildman–Crippen LogP) is 3.29. The van der Waals surface area contributed by atoms with Crippen molar-refractivity contribution >= 4 is 17.7 Å². The topological polar surface area (TPSA) is 39.4 Å². The van der Waals surface area contributed by atoms with Gasteiger partial charge in [-0.3, -0.25) is 4.99 Å². The first-order chi connectivity index (χ1) is 8.88. The van der Waals surface area contributed by atoms with Crippen LogP contribution in [0.3, 0.4) is 0 Å². The number of allylic oxidation sites excluding steroid dienone is 1. The molecular formula is C14H15N3S. The number of nitriles is 1.